The van der Waals surface area contributed by atoms with Crippen LogP contribution >= 0.6 is 0 Å². The van der Waals surface area contributed by atoms with Gasteiger partial charge >= 0.3 is 38.2 Å². The van der Waals surface area contributed by atoms with Crippen molar-refractivity contribution in [2.75, 3.05) is 0 Å². The number of hydrogen-bond donors (Lipinski definition) is 0. The van der Waals surface area contributed by atoms with Gasteiger partial charge < -0.3 is 29.1 Å². The molecule has 0 saturated heterocycles. The van der Waals surface area contributed by atoms with Crippen LogP contribution in [0.25, 0.3) is 0 Å². The van der Waals surface area contributed by atoms with E-state index in [1.54, 1.807) is 97.1 Å². The third-order valence-corrected chi connectivity index (χ3v) is 4.76. The predicted octanol–water partition coefficient (Wildman–Crippen LogP) is 4.67. The summed E-state index contributed by atoms with van der Waals surface area (Å²) < 4.78 is 0. The Labute approximate surface area is 258 Å². The Kier molecular flexibility index (Phi) is 15.5. The van der Waals surface area contributed by atoms with Gasteiger partial charge in [0.2, 0.25) is 0 Å². The average Bonchev–Trinajstić information content (AvgIpc) is 2.95. The second kappa shape index (κ2) is 18.3. The van der Waals surface area contributed by atoms with Gasteiger partial charge in [-0.25, -0.2) is 0 Å². The molecular formula is C32H25DyO6. The van der Waals surface area contributed by atoms with Crippen molar-refractivity contribution in [1.29, 1.82) is 0 Å². The van der Waals surface area contributed by atoms with Crippen LogP contribution in [0, 0.1) is 51.0 Å². The first kappa shape index (κ1) is 33.1. The number of carbonyl (C=O) groups is 5. The van der Waals surface area contributed by atoms with Gasteiger partial charge in [0.25, 0.3) is 0 Å². The van der Waals surface area contributed by atoms with Crippen LogP contribution in [0.4, 0.5) is 0 Å². The van der Waals surface area contributed by atoms with E-state index in [1.165, 1.54) is 0 Å². The van der Waals surface area contributed by atoms with Gasteiger partial charge in [0.15, 0.2) is 0 Å². The van der Waals surface area contributed by atoms with Gasteiger partial charge in [-0.1, -0.05) is 108 Å². The minimum atomic E-state index is -1.08. The van der Waals surface area contributed by atoms with Crippen molar-refractivity contribution in [2.24, 2.45) is 0 Å². The van der Waals surface area contributed by atoms with Crippen molar-refractivity contribution in [2.45, 2.75) is 6.92 Å². The van der Waals surface area contributed by atoms with Crippen molar-refractivity contribution >= 4 is 29.1 Å². The van der Waals surface area contributed by atoms with Gasteiger partial charge in [-0.2, -0.15) is 0 Å². The van der Waals surface area contributed by atoms with E-state index in [1.807, 2.05) is 24.3 Å². The number of rotatable bonds is 8. The molecule has 0 saturated carbocycles. The normalized spacial score (nSPS) is 9.05. The Balaban J connectivity index is 0.000000336. The second-order valence-corrected chi connectivity index (χ2v) is 7.70. The maximum absolute atomic E-state index is 11.8. The first-order valence-electron chi connectivity index (χ1n) is 11.5. The number of carboxylic acid groups (broad SMARTS) is 1. The first-order valence-corrected chi connectivity index (χ1v) is 11.5. The first-order chi connectivity index (χ1) is 18.3. The molecule has 0 amide bonds. The fourth-order valence-electron chi connectivity index (χ4n) is 2.98. The van der Waals surface area contributed by atoms with Crippen LogP contribution in [0.3, 0.4) is 0 Å². The molecule has 0 atom stereocenters. The maximum Gasteiger partial charge on any atom is 3.00 e. The second-order valence-electron chi connectivity index (χ2n) is 7.70. The van der Waals surface area contributed by atoms with Gasteiger partial charge in [0.05, 0.1) is 23.1 Å². The van der Waals surface area contributed by atoms with E-state index >= 15 is 0 Å². The van der Waals surface area contributed by atoms with Crippen LogP contribution in [0.15, 0.2) is 121 Å². The van der Waals surface area contributed by atoms with Crippen LogP contribution in [-0.2, 0) is 4.79 Å². The molecule has 7 heteroatoms. The zero-order valence-electron chi connectivity index (χ0n) is 21.0. The van der Waals surface area contributed by atoms with Gasteiger partial charge in [-0.15, -0.1) is 48.5 Å². The molecule has 39 heavy (non-hydrogen) atoms. The molecule has 0 heterocycles. The monoisotopic (exact) mass is 669 g/mol. The number of hydrogen-bond acceptors (Lipinski definition) is 6. The van der Waals surface area contributed by atoms with E-state index in [0.717, 1.165) is 19.8 Å². The van der Waals surface area contributed by atoms with E-state index in [2.05, 4.69) is 0 Å². The fourth-order valence-corrected chi connectivity index (χ4v) is 2.98. The summed E-state index contributed by atoms with van der Waals surface area (Å²) in [7, 11) is 0. The van der Waals surface area contributed by atoms with E-state index in [9.17, 15) is 19.2 Å². The van der Waals surface area contributed by atoms with Gasteiger partial charge in [-0.3, -0.25) is 0 Å². The minimum Gasteiger partial charge on any atom is -0.550 e. The van der Waals surface area contributed by atoms with Crippen molar-refractivity contribution in [3.8, 4) is 0 Å². The molecule has 0 N–H and O–H groups in total. The van der Waals surface area contributed by atoms with Crippen LogP contribution < -0.4 is 5.11 Å². The van der Waals surface area contributed by atoms with Crippen molar-refractivity contribution in [3.63, 3.8) is 0 Å². The van der Waals surface area contributed by atoms with E-state index < -0.39 is 5.97 Å². The Hall–Kier alpha value is -3.96. The molecule has 0 fully saturated rings. The van der Waals surface area contributed by atoms with Crippen LogP contribution in [0.1, 0.15) is 48.4 Å². The molecule has 199 valence electrons. The minimum absolute atomic E-state index is 0. The standard InChI is InChI=1S/2C15H11O2.C2H4O2.Dy/c2*16-14(12-7-3-1-4-8-12)11-15(17)13-9-5-2-6-10-13;1-2(3)4;/h2*1-11H;1H3,(H,3,4);/q2*-1;;+3/p-1. The molecule has 0 bridgehead atoms. The summed E-state index contributed by atoms with van der Waals surface area (Å²) in [4.78, 5) is 55.9. The summed E-state index contributed by atoms with van der Waals surface area (Å²) in [5, 5.41) is 8.89. The Morgan fingerprint density at radius 3 is 0.744 bits per heavy atom. The maximum atomic E-state index is 11.8. The van der Waals surface area contributed by atoms with Gasteiger partial charge in [0, 0.05) is 5.97 Å². The van der Waals surface area contributed by atoms with Gasteiger partial charge in [0.1, 0.15) is 0 Å². The molecule has 1 radical (unpaired) electrons. The molecule has 0 aliphatic rings. The van der Waals surface area contributed by atoms with Crippen LogP contribution in [0.2, 0.25) is 0 Å². The molecule has 4 aromatic carbocycles. The molecule has 4 rings (SSSR count). The number of ketones is 4. The summed E-state index contributed by atoms with van der Waals surface area (Å²) >= 11 is 0. The van der Waals surface area contributed by atoms with Crippen molar-refractivity contribution in [1.82, 2.24) is 0 Å². The summed E-state index contributed by atoms with van der Waals surface area (Å²) in [6.07, 6.45) is 2.26. The Morgan fingerprint density at radius 2 is 0.590 bits per heavy atom. The third kappa shape index (κ3) is 12.9. The Bertz CT molecular complexity index is 1130. The number of carboxylic acids is 1. The zero-order valence-corrected chi connectivity index (χ0v) is 23.0. The smallest absolute Gasteiger partial charge is 0.550 e. The molecule has 0 spiro atoms. The largest absolute Gasteiger partial charge is 3.00 e. The molecule has 0 aliphatic carbocycles. The summed E-state index contributed by atoms with van der Waals surface area (Å²) in [5.74, 6) is -2.14. The topological polar surface area (TPSA) is 108 Å². The predicted molar refractivity (Wildman–Crippen MR) is 142 cm³/mol. The van der Waals surface area contributed by atoms with Gasteiger partial charge in [-0.05, 0) is 6.92 Å². The van der Waals surface area contributed by atoms with Crippen molar-refractivity contribution < 1.29 is 67.3 Å². The number of carbonyl (C=O) groups excluding carboxylic acids is 5. The zero-order chi connectivity index (χ0) is 27.8. The summed E-state index contributed by atoms with van der Waals surface area (Å²) in [6, 6.07) is 35.0. The van der Waals surface area contributed by atoms with Crippen LogP contribution in [-0.4, -0.2) is 29.1 Å². The average molecular weight is 668 g/mol. The van der Waals surface area contributed by atoms with E-state index in [-0.39, 0.29) is 61.3 Å². The third-order valence-electron chi connectivity index (χ3n) is 4.76. The molecule has 0 aromatic heterocycles. The van der Waals surface area contributed by atoms with E-state index in [4.69, 9.17) is 9.90 Å². The Morgan fingerprint density at radius 1 is 0.436 bits per heavy atom. The van der Waals surface area contributed by atoms with Crippen molar-refractivity contribution in [3.05, 3.63) is 156 Å². The summed E-state index contributed by atoms with van der Waals surface area (Å²) in [6.45, 7) is 0.972. The molecule has 0 aliphatic heterocycles. The molecule has 6 nitrogen and oxygen atoms in total. The number of aliphatic carboxylic acids is 1. The number of Topliss-reactive ketones (excluding diaryl/α,β-unsaturated/α-hetero) is 4. The number of benzene rings is 4. The van der Waals surface area contributed by atoms with E-state index in [0.29, 0.717) is 22.3 Å². The molecule has 4 aromatic rings. The quantitative estimate of drug-likeness (QED) is 0.154. The fraction of sp³-hybridized carbons (Fsp3) is 0.0312. The SMILES string of the molecule is CC(=O)[O-].O=C([CH-]C(=O)c1ccccc1)c1ccccc1.O=C([CH-]C(=O)c1ccccc1)c1ccccc1.[Dy+3]. The molecule has 0 unspecified atom stereocenters. The molecular weight excluding hydrogens is 643 g/mol. The van der Waals surface area contributed by atoms with Crippen LogP contribution in [0.5, 0.6) is 0 Å². The summed E-state index contributed by atoms with van der Waals surface area (Å²) in [5.41, 5.74) is 2.10.